The van der Waals surface area contributed by atoms with E-state index in [1.54, 1.807) is 4.68 Å². The minimum Gasteiger partial charge on any atom is -0.493 e. The largest absolute Gasteiger partial charge is 0.493 e. The fourth-order valence-corrected chi connectivity index (χ4v) is 11.4. The van der Waals surface area contributed by atoms with Crippen molar-refractivity contribution in [2.24, 2.45) is 13.0 Å². The number of carbonyl (C=O) groups excluding carboxylic acids is 3. The third-order valence-corrected chi connectivity index (χ3v) is 15.2. The van der Waals surface area contributed by atoms with Crippen LogP contribution in [0.2, 0.25) is 0 Å². The maximum atomic E-state index is 13.6. The molecule has 8 aromatic rings. The lowest BCUT2D eigenvalue weighted by Gasteiger charge is -2.31. The summed E-state index contributed by atoms with van der Waals surface area (Å²) in [5.41, 5.74) is 7.56. The number of amides is 3. The van der Waals surface area contributed by atoms with Gasteiger partial charge in [0, 0.05) is 43.1 Å². The molecular weight excluding hydrogens is 933 g/mol. The molecule has 3 amide bonds. The number of carboxylic acid groups (broad SMARTS) is 1. The first kappa shape index (κ1) is 46.5. The van der Waals surface area contributed by atoms with Crippen LogP contribution in [0.4, 0.5) is 10.9 Å². The first-order chi connectivity index (χ1) is 35.0. The Labute approximate surface area is 418 Å². The van der Waals surface area contributed by atoms with Crippen molar-refractivity contribution in [2.45, 2.75) is 70.9 Å². The molecule has 3 aliphatic rings. The summed E-state index contributed by atoms with van der Waals surface area (Å²) in [6.45, 7) is 5.91. The van der Waals surface area contributed by atoms with Gasteiger partial charge in [-0.25, -0.2) is 14.8 Å². The van der Waals surface area contributed by atoms with Crippen molar-refractivity contribution in [2.75, 3.05) is 36.5 Å². The van der Waals surface area contributed by atoms with Crippen molar-refractivity contribution in [1.82, 2.24) is 40.1 Å². The van der Waals surface area contributed by atoms with Crippen LogP contribution >= 0.6 is 11.3 Å². The van der Waals surface area contributed by atoms with Crippen LogP contribution in [0.5, 0.6) is 5.75 Å². The van der Waals surface area contributed by atoms with E-state index in [9.17, 15) is 24.3 Å². The number of carbonyl (C=O) groups is 4. The number of hydrogen-bond acceptors (Lipinski definition) is 14. The van der Waals surface area contributed by atoms with Crippen LogP contribution < -0.4 is 20.3 Å². The summed E-state index contributed by atoms with van der Waals surface area (Å²) in [6, 6.07) is 28.7. The molecule has 0 radical (unpaired) electrons. The smallest absolute Gasteiger partial charge is 0.355 e. The summed E-state index contributed by atoms with van der Waals surface area (Å²) >= 11 is 1.43. The van der Waals surface area contributed by atoms with Gasteiger partial charge in [-0.1, -0.05) is 65.0 Å². The van der Waals surface area contributed by atoms with Crippen molar-refractivity contribution in [3.8, 4) is 28.3 Å². The number of nitrogens with zero attached hydrogens (tertiary/aromatic N) is 8. The Kier molecular flexibility index (Phi) is 12.8. The third kappa shape index (κ3) is 9.30. The van der Waals surface area contributed by atoms with Gasteiger partial charge in [0.15, 0.2) is 16.6 Å². The molecule has 72 heavy (non-hydrogen) atoms. The Morgan fingerprint density at radius 2 is 1.71 bits per heavy atom. The van der Waals surface area contributed by atoms with Gasteiger partial charge in [0.1, 0.15) is 11.6 Å². The number of benzene rings is 4. The number of imide groups is 1. The Morgan fingerprint density at radius 1 is 0.889 bits per heavy atom. The first-order valence-corrected chi connectivity index (χ1v) is 25.2. The predicted octanol–water partition coefficient (Wildman–Crippen LogP) is 8.71. The predicted molar refractivity (Wildman–Crippen MR) is 272 cm³/mol. The fraction of sp³-hybridized carbons (Fsp3) is 0.315. The molecule has 0 bridgehead atoms. The molecule has 3 N–H and O–H groups in total. The molecule has 3 aliphatic heterocycles. The number of aromatic nitrogens is 6. The average Bonchev–Trinajstić information content (AvgIpc) is 4.12. The number of para-hydroxylation sites is 2. The van der Waals surface area contributed by atoms with E-state index in [0.717, 1.165) is 87.7 Å². The zero-order valence-corrected chi connectivity index (χ0v) is 40.7. The number of rotatable bonds is 14. The average molecular weight is 985 g/mol. The molecule has 0 aliphatic carbocycles. The number of fused-ring (bicyclic) bond motifs is 3. The number of hydrogen-bond donors (Lipinski definition) is 3. The number of nitrogens with one attached hydrogen (secondary N) is 2. The molecule has 1 unspecified atom stereocenters. The maximum Gasteiger partial charge on any atom is 0.355 e. The second-order valence-corrected chi connectivity index (χ2v) is 19.8. The van der Waals surface area contributed by atoms with Crippen molar-refractivity contribution in [3.63, 3.8) is 0 Å². The van der Waals surface area contributed by atoms with Crippen molar-refractivity contribution in [3.05, 3.63) is 130 Å². The Hall–Kier alpha value is -7.83. The van der Waals surface area contributed by atoms with E-state index < -0.39 is 11.9 Å². The quantitative estimate of drug-likeness (QED) is 0.0688. The first-order valence-electron chi connectivity index (χ1n) is 24.4. The van der Waals surface area contributed by atoms with Gasteiger partial charge in [-0.3, -0.25) is 34.6 Å². The van der Waals surface area contributed by atoms with Gasteiger partial charge in [0.2, 0.25) is 11.8 Å². The zero-order chi connectivity index (χ0) is 49.5. The lowest BCUT2D eigenvalue weighted by atomic mass is 9.92. The van der Waals surface area contributed by atoms with Crippen molar-refractivity contribution in [1.29, 1.82) is 0 Å². The highest BCUT2D eigenvalue weighted by Gasteiger charge is 2.33. The number of ether oxygens (including phenoxy) is 1. The molecule has 0 saturated carbocycles. The van der Waals surface area contributed by atoms with Gasteiger partial charge in [-0.05, 0) is 129 Å². The normalized spacial score (nSPS) is 16.5. The number of anilines is 2. The molecule has 0 spiro atoms. The molecule has 366 valence electrons. The molecular formula is C54H52N10O7S. The number of likely N-dealkylation sites (tertiary alicyclic amines) is 1. The highest BCUT2D eigenvalue weighted by molar-refractivity contribution is 7.22. The van der Waals surface area contributed by atoms with Gasteiger partial charge < -0.3 is 19.3 Å². The van der Waals surface area contributed by atoms with Crippen LogP contribution in [0.3, 0.4) is 0 Å². The molecule has 2 saturated heterocycles. The SMILES string of the molecule is Cc1c(OCCCC2CCN(Cc3noc(-c4cccc5c(C6CCC(=O)NC6=O)nn(C)c45)n3)CC2)cccc1-c1ccc(N2CCc3cccc(C(=O)Nc4nc5ccccc5s4)c3C2)nc1C(=O)O. The molecule has 17 nitrogen and oxygen atoms in total. The summed E-state index contributed by atoms with van der Waals surface area (Å²) in [5, 5.41) is 26.3. The maximum absolute atomic E-state index is 13.6. The van der Waals surface area contributed by atoms with Crippen LogP contribution in [0.15, 0.2) is 95.5 Å². The second kappa shape index (κ2) is 19.8. The van der Waals surface area contributed by atoms with Crippen LogP contribution in [0, 0.1) is 12.8 Å². The molecule has 4 aromatic carbocycles. The van der Waals surface area contributed by atoms with Crippen LogP contribution in [0.25, 0.3) is 43.7 Å². The highest BCUT2D eigenvalue weighted by Crippen LogP contribution is 2.37. The number of carboxylic acids is 1. The van der Waals surface area contributed by atoms with E-state index in [1.807, 2.05) is 110 Å². The molecule has 1 atom stereocenters. The van der Waals surface area contributed by atoms with E-state index in [1.165, 1.54) is 11.3 Å². The summed E-state index contributed by atoms with van der Waals surface area (Å²) < 4.78 is 14.9. The van der Waals surface area contributed by atoms with Gasteiger partial charge in [0.05, 0.1) is 46.1 Å². The van der Waals surface area contributed by atoms with E-state index in [0.29, 0.717) is 90.2 Å². The fourth-order valence-electron chi connectivity index (χ4n) is 10.5. The van der Waals surface area contributed by atoms with Crippen LogP contribution in [-0.4, -0.2) is 89.8 Å². The van der Waals surface area contributed by atoms with E-state index in [4.69, 9.17) is 24.3 Å². The number of aryl methyl sites for hydroxylation is 1. The molecule has 4 aromatic heterocycles. The molecule has 11 rings (SSSR count). The van der Waals surface area contributed by atoms with Gasteiger partial charge in [0.25, 0.3) is 11.8 Å². The Bertz CT molecular complexity index is 3380. The minimum atomic E-state index is -1.12. The van der Waals surface area contributed by atoms with Gasteiger partial charge in [-0.2, -0.15) is 10.1 Å². The standard InChI is InChI=1S/C54H52N10O7S/c1-31-34(35-18-20-45(57-48(35)53(68)69)64-27-24-33-10-5-12-36(40(33)29-64)50(66)59-54-55-41-15-3-4-17-43(41)72-54)11-7-16-42(31)70-28-8-9-32-22-25-63(26-23-32)30-44-56-52(71-61-44)39-14-6-13-37-47(60-62(2)49(37)39)38-19-21-46(65)58-51(38)67/h3-7,10-18,20,32,38H,8-9,19,21-30H2,1-2H3,(H,68,69)(H,55,59,66)(H,58,65,67). The van der Waals surface area contributed by atoms with Crippen molar-refractivity contribution < 1.29 is 33.5 Å². The summed E-state index contributed by atoms with van der Waals surface area (Å²) in [6.07, 6.45) is 5.36. The van der Waals surface area contributed by atoms with E-state index >= 15 is 0 Å². The molecule has 18 heteroatoms. The number of thiazole rings is 1. The zero-order valence-electron chi connectivity index (χ0n) is 39.9. The monoisotopic (exact) mass is 984 g/mol. The summed E-state index contributed by atoms with van der Waals surface area (Å²) in [5.74, 6) is 0.333. The topological polar surface area (TPSA) is 211 Å². The Morgan fingerprint density at radius 3 is 2.54 bits per heavy atom. The number of aromatic carboxylic acids is 1. The number of piperidine rings is 2. The minimum absolute atomic E-state index is 0.0454. The summed E-state index contributed by atoms with van der Waals surface area (Å²) in [4.78, 5) is 69.4. The Balaban J connectivity index is 0.682. The second-order valence-electron chi connectivity index (χ2n) is 18.8. The van der Waals surface area contributed by atoms with Gasteiger partial charge in [-0.15, -0.1) is 0 Å². The van der Waals surface area contributed by atoms with E-state index in [2.05, 4.69) is 25.7 Å². The van der Waals surface area contributed by atoms with Crippen LogP contribution in [-0.2, 0) is 36.1 Å². The molecule has 2 fully saturated rings. The lowest BCUT2D eigenvalue weighted by molar-refractivity contribution is -0.134. The van der Waals surface area contributed by atoms with Gasteiger partial charge >= 0.3 is 5.97 Å². The summed E-state index contributed by atoms with van der Waals surface area (Å²) in [7, 11) is 1.83. The molecule has 7 heterocycles. The van der Waals surface area contributed by atoms with Crippen LogP contribution in [0.1, 0.15) is 93.5 Å². The number of pyridine rings is 1. The van der Waals surface area contributed by atoms with Crippen molar-refractivity contribution >= 4 is 67.1 Å². The lowest BCUT2D eigenvalue weighted by Crippen LogP contribution is -2.39. The highest BCUT2D eigenvalue weighted by atomic mass is 32.1. The van der Waals surface area contributed by atoms with E-state index in [-0.39, 0.29) is 29.8 Å². The third-order valence-electron chi connectivity index (χ3n) is 14.3.